The summed E-state index contributed by atoms with van der Waals surface area (Å²) >= 11 is 6.65. The molecule has 2 aromatic carbocycles. The van der Waals surface area contributed by atoms with Crippen molar-refractivity contribution in [2.45, 2.75) is 26.5 Å². The van der Waals surface area contributed by atoms with Crippen LogP contribution in [0.25, 0.3) is 33.3 Å². The summed E-state index contributed by atoms with van der Waals surface area (Å²) in [5.41, 5.74) is 4.40. The monoisotopic (exact) mass is 434 g/mol. The average molecular weight is 435 g/mol. The van der Waals surface area contributed by atoms with Gasteiger partial charge in [-0.2, -0.15) is 5.10 Å². The first kappa shape index (κ1) is 19.5. The van der Waals surface area contributed by atoms with Gasteiger partial charge >= 0.3 is 0 Å². The summed E-state index contributed by atoms with van der Waals surface area (Å²) in [6.07, 6.45) is 4.69. The van der Waals surface area contributed by atoms with E-state index < -0.39 is 6.10 Å². The molecule has 0 saturated heterocycles. The molecule has 5 rings (SSSR count). The maximum absolute atomic E-state index is 9.55. The predicted octanol–water partition coefficient (Wildman–Crippen LogP) is 4.50. The van der Waals surface area contributed by atoms with E-state index in [9.17, 15) is 5.11 Å². The molecule has 0 bridgehead atoms. The zero-order valence-corrected chi connectivity index (χ0v) is 17.6. The third-order valence-electron chi connectivity index (χ3n) is 4.80. The number of aliphatic hydroxyl groups excluding tert-OH is 1. The van der Waals surface area contributed by atoms with Gasteiger partial charge in [0, 0.05) is 17.8 Å². The van der Waals surface area contributed by atoms with Gasteiger partial charge in [-0.05, 0) is 38.1 Å². The normalized spacial score (nSPS) is 12.5. The van der Waals surface area contributed by atoms with Gasteiger partial charge in [-0.3, -0.25) is 9.67 Å². The van der Waals surface area contributed by atoms with Gasteiger partial charge in [0.2, 0.25) is 0 Å². The Hall–Kier alpha value is -3.49. The second kappa shape index (κ2) is 7.64. The van der Waals surface area contributed by atoms with E-state index in [4.69, 9.17) is 16.3 Å². The Balaban J connectivity index is 1.49. The highest BCUT2D eigenvalue weighted by Gasteiger charge is 2.13. The third kappa shape index (κ3) is 3.83. The zero-order valence-electron chi connectivity index (χ0n) is 16.9. The number of aryl methyl sites for hydroxylation is 1. The first-order valence-corrected chi connectivity index (χ1v) is 10.1. The Morgan fingerprint density at radius 2 is 2.00 bits per heavy atom. The smallest absolute Gasteiger partial charge is 0.148 e. The van der Waals surface area contributed by atoms with Crippen molar-refractivity contribution in [1.29, 1.82) is 0 Å². The number of aromatic nitrogens is 6. The Labute approximate surface area is 182 Å². The van der Waals surface area contributed by atoms with Crippen LogP contribution in [0.3, 0.4) is 0 Å². The molecule has 0 spiro atoms. The Morgan fingerprint density at radius 3 is 2.84 bits per heavy atom. The molecule has 5 aromatic rings. The van der Waals surface area contributed by atoms with E-state index in [-0.39, 0.29) is 0 Å². The quantitative estimate of drug-likeness (QED) is 0.422. The van der Waals surface area contributed by atoms with Crippen LogP contribution >= 0.6 is 11.6 Å². The summed E-state index contributed by atoms with van der Waals surface area (Å²) in [7, 11) is 0. The van der Waals surface area contributed by atoms with Crippen molar-refractivity contribution in [3.8, 4) is 22.8 Å². The molecule has 2 N–H and O–H groups in total. The number of aromatic amines is 1. The number of hydrogen-bond acceptors (Lipinski definition) is 6. The molecule has 1 atom stereocenters. The van der Waals surface area contributed by atoms with Crippen molar-refractivity contribution < 1.29 is 9.84 Å². The van der Waals surface area contributed by atoms with E-state index in [0.29, 0.717) is 39.8 Å². The Kier molecular flexibility index (Phi) is 4.80. The van der Waals surface area contributed by atoms with E-state index in [1.165, 1.54) is 0 Å². The third-order valence-corrected chi connectivity index (χ3v) is 5.16. The molecule has 0 aliphatic carbocycles. The van der Waals surface area contributed by atoms with Crippen molar-refractivity contribution >= 4 is 33.7 Å². The molecule has 156 valence electrons. The van der Waals surface area contributed by atoms with Crippen molar-refractivity contribution in [1.82, 2.24) is 29.7 Å². The first-order chi connectivity index (χ1) is 15.0. The van der Waals surface area contributed by atoms with Crippen LogP contribution < -0.4 is 4.74 Å². The van der Waals surface area contributed by atoms with Crippen LogP contribution in [0.15, 0.2) is 48.9 Å². The molecule has 0 saturated carbocycles. The molecule has 0 aliphatic heterocycles. The number of halogens is 1. The van der Waals surface area contributed by atoms with Crippen LogP contribution in [0.1, 0.15) is 12.7 Å². The lowest BCUT2D eigenvalue weighted by Gasteiger charge is -2.10. The highest BCUT2D eigenvalue weighted by Crippen LogP contribution is 2.35. The minimum atomic E-state index is -0.491. The van der Waals surface area contributed by atoms with Gasteiger partial charge in [0.1, 0.15) is 27.9 Å². The molecule has 0 radical (unpaired) electrons. The molecule has 9 heteroatoms. The molecule has 3 aromatic heterocycles. The fourth-order valence-corrected chi connectivity index (χ4v) is 3.66. The molecule has 0 unspecified atom stereocenters. The predicted molar refractivity (Wildman–Crippen MR) is 118 cm³/mol. The van der Waals surface area contributed by atoms with Crippen LogP contribution in [0.2, 0.25) is 5.02 Å². The lowest BCUT2D eigenvalue weighted by Crippen LogP contribution is -2.11. The summed E-state index contributed by atoms with van der Waals surface area (Å²) in [5, 5.41) is 14.2. The van der Waals surface area contributed by atoms with Crippen LogP contribution in [0.5, 0.6) is 11.5 Å². The number of hydrogen-bond donors (Lipinski definition) is 2. The molecule has 0 amide bonds. The molecule has 3 heterocycles. The zero-order chi connectivity index (χ0) is 21.5. The maximum Gasteiger partial charge on any atom is 0.148 e. The summed E-state index contributed by atoms with van der Waals surface area (Å²) in [6.45, 7) is 4.02. The lowest BCUT2D eigenvalue weighted by atomic mass is 10.2. The molecule has 0 aliphatic rings. The lowest BCUT2D eigenvalue weighted by molar-refractivity contribution is 0.168. The highest BCUT2D eigenvalue weighted by molar-refractivity contribution is 6.36. The van der Waals surface area contributed by atoms with Crippen LogP contribution in [0.4, 0.5) is 0 Å². The fourth-order valence-electron chi connectivity index (χ4n) is 3.42. The van der Waals surface area contributed by atoms with Crippen LogP contribution in [0, 0.1) is 6.92 Å². The number of benzene rings is 2. The molecular formula is C22H19ClN6O2. The van der Waals surface area contributed by atoms with Crippen molar-refractivity contribution in [2.24, 2.45) is 0 Å². The van der Waals surface area contributed by atoms with Crippen molar-refractivity contribution in [3.63, 3.8) is 0 Å². The molecule has 8 nitrogen and oxygen atoms in total. The number of rotatable bonds is 5. The number of nitrogens with one attached hydrogen (secondary N) is 1. The highest BCUT2D eigenvalue weighted by atomic mass is 35.5. The number of aliphatic hydroxyl groups is 1. The Bertz CT molecular complexity index is 1410. The SMILES string of the molecule is Cc1nc2ccc(Oc3ccc4ncc(-c5cnn(C[C@H](C)O)c5)nc4c3Cl)cc2[nH]1. The van der Waals surface area contributed by atoms with Gasteiger partial charge in [0.25, 0.3) is 0 Å². The molecule has 0 fully saturated rings. The molecular weight excluding hydrogens is 416 g/mol. The number of imidazole rings is 1. The fraction of sp³-hybridized carbons (Fsp3) is 0.182. The number of H-pyrrole nitrogens is 1. The van der Waals surface area contributed by atoms with Gasteiger partial charge in [0.05, 0.1) is 47.3 Å². The van der Waals surface area contributed by atoms with Crippen molar-refractivity contribution in [2.75, 3.05) is 0 Å². The average Bonchev–Trinajstić information content (AvgIpc) is 3.34. The topological polar surface area (TPSA) is 102 Å². The van der Waals surface area contributed by atoms with Crippen molar-refractivity contribution in [3.05, 3.63) is 59.8 Å². The maximum atomic E-state index is 9.55. The van der Waals surface area contributed by atoms with Gasteiger partial charge in [0.15, 0.2) is 0 Å². The number of fused-ring (bicyclic) bond motifs is 2. The number of nitrogens with zero attached hydrogens (tertiary/aromatic N) is 5. The molecule has 31 heavy (non-hydrogen) atoms. The Morgan fingerprint density at radius 1 is 1.16 bits per heavy atom. The summed E-state index contributed by atoms with van der Waals surface area (Å²) < 4.78 is 7.70. The minimum absolute atomic E-state index is 0.379. The van der Waals surface area contributed by atoms with E-state index >= 15 is 0 Å². The summed E-state index contributed by atoms with van der Waals surface area (Å²) in [5.74, 6) is 1.97. The second-order valence-electron chi connectivity index (χ2n) is 7.40. The second-order valence-corrected chi connectivity index (χ2v) is 7.78. The standard InChI is InChI=1S/C22H19ClN6O2/c1-12(30)10-29-11-14(8-25-29)19-9-24-17-5-6-20(21(23)22(17)28-19)31-15-3-4-16-18(7-15)27-13(2)26-16/h3-9,11-12,30H,10H2,1-2H3,(H,26,27)/t12-/m0/s1. The van der Waals surface area contributed by atoms with E-state index in [0.717, 1.165) is 22.4 Å². The van der Waals surface area contributed by atoms with E-state index in [1.54, 1.807) is 30.1 Å². The van der Waals surface area contributed by atoms with Gasteiger partial charge in [-0.25, -0.2) is 9.97 Å². The first-order valence-electron chi connectivity index (χ1n) is 9.76. The summed E-state index contributed by atoms with van der Waals surface area (Å²) in [4.78, 5) is 16.8. The van der Waals surface area contributed by atoms with E-state index in [1.807, 2.05) is 37.4 Å². The number of ether oxygens (including phenoxy) is 1. The van der Waals surface area contributed by atoms with Gasteiger partial charge < -0.3 is 14.8 Å². The van der Waals surface area contributed by atoms with E-state index in [2.05, 4.69) is 25.0 Å². The van der Waals surface area contributed by atoms with Gasteiger partial charge in [-0.15, -0.1) is 0 Å². The van der Waals surface area contributed by atoms with Gasteiger partial charge in [-0.1, -0.05) is 11.6 Å². The minimum Gasteiger partial charge on any atom is -0.456 e. The summed E-state index contributed by atoms with van der Waals surface area (Å²) in [6, 6.07) is 9.23. The van der Waals surface area contributed by atoms with Crippen LogP contribution in [-0.2, 0) is 6.54 Å². The van der Waals surface area contributed by atoms with Crippen LogP contribution in [-0.4, -0.2) is 40.9 Å². The largest absolute Gasteiger partial charge is 0.456 e.